The van der Waals surface area contributed by atoms with Gasteiger partial charge in [-0.05, 0) is 86.2 Å². The number of thioether (sulfide) groups is 1. The molecule has 220 valence electrons. The first kappa shape index (κ1) is 30.9. The van der Waals surface area contributed by atoms with E-state index in [-0.39, 0.29) is 11.6 Å². The van der Waals surface area contributed by atoms with Gasteiger partial charge in [0.2, 0.25) is 5.91 Å². The summed E-state index contributed by atoms with van der Waals surface area (Å²) in [5.41, 5.74) is 3.24. The molecule has 8 nitrogen and oxygen atoms in total. The number of methoxy groups -OCH3 is 2. The van der Waals surface area contributed by atoms with E-state index >= 15 is 0 Å². The Hall–Kier alpha value is -5.02. The molecule has 0 radical (unpaired) electrons. The van der Waals surface area contributed by atoms with E-state index in [0.717, 1.165) is 16.1 Å². The summed E-state index contributed by atoms with van der Waals surface area (Å²) >= 11 is 1.37. The Morgan fingerprint density at radius 3 is 2.21 bits per heavy atom. The lowest BCUT2D eigenvalue weighted by Gasteiger charge is -2.15. The summed E-state index contributed by atoms with van der Waals surface area (Å²) in [4.78, 5) is 40.2. The van der Waals surface area contributed by atoms with Crippen molar-refractivity contribution in [3.05, 3.63) is 119 Å². The predicted octanol–water partition coefficient (Wildman–Crippen LogP) is 6.54. The topological polar surface area (TPSA) is 106 Å². The van der Waals surface area contributed by atoms with Crippen LogP contribution in [0.1, 0.15) is 28.4 Å². The lowest BCUT2D eigenvalue weighted by atomic mass is 10.1. The van der Waals surface area contributed by atoms with E-state index in [0.29, 0.717) is 28.3 Å². The molecule has 0 aliphatic rings. The van der Waals surface area contributed by atoms with Crippen molar-refractivity contribution in [2.45, 2.75) is 24.0 Å². The second-order valence-corrected chi connectivity index (χ2v) is 11.0. The van der Waals surface area contributed by atoms with Crippen molar-refractivity contribution in [3.63, 3.8) is 0 Å². The van der Waals surface area contributed by atoms with Crippen LogP contribution in [0.5, 0.6) is 11.5 Å². The molecule has 3 amide bonds. The summed E-state index contributed by atoms with van der Waals surface area (Å²) in [6, 6.07) is 28.6. The van der Waals surface area contributed by atoms with Crippen LogP contribution >= 0.6 is 11.8 Å². The number of rotatable bonds is 11. The van der Waals surface area contributed by atoms with Crippen molar-refractivity contribution < 1.29 is 23.9 Å². The number of amides is 3. The number of benzene rings is 4. The van der Waals surface area contributed by atoms with Crippen LogP contribution in [0.3, 0.4) is 0 Å². The van der Waals surface area contributed by atoms with Gasteiger partial charge in [0.1, 0.15) is 17.2 Å². The smallest absolute Gasteiger partial charge is 0.272 e. The maximum absolute atomic E-state index is 13.6. The Labute approximate surface area is 255 Å². The molecule has 43 heavy (non-hydrogen) atoms. The third-order valence-electron chi connectivity index (χ3n) is 6.33. The van der Waals surface area contributed by atoms with Gasteiger partial charge in [-0.2, -0.15) is 0 Å². The second-order valence-electron chi connectivity index (χ2n) is 9.59. The molecule has 1 unspecified atom stereocenters. The maximum atomic E-state index is 13.6. The Bertz CT molecular complexity index is 1640. The first-order chi connectivity index (χ1) is 20.7. The minimum Gasteiger partial charge on any atom is -0.497 e. The van der Waals surface area contributed by atoms with Gasteiger partial charge in [0.25, 0.3) is 11.8 Å². The number of carbonyl (C=O) groups excluding carboxylic acids is 3. The van der Waals surface area contributed by atoms with Crippen LogP contribution in [0.15, 0.2) is 108 Å². The molecule has 0 spiro atoms. The second kappa shape index (κ2) is 14.7. The standard InChI is InChI=1S/C34H33N3O5S/c1-22-10-8-13-26(18-22)35-32(38)23(2)43-29-15-9-14-27(21-29)36-34(40)30(37-33(39)24-11-6-5-7-12-24)20-25-19-28(41-3)16-17-31(25)42-4/h5-21,23H,1-4H3,(H,35,38)(H,36,40)(H,37,39)/b30-20+. The monoisotopic (exact) mass is 595 g/mol. The minimum absolute atomic E-state index is 0.00404. The molecule has 1 atom stereocenters. The number of nitrogens with one attached hydrogen (secondary N) is 3. The van der Waals surface area contributed by atoms with E-state index in [4.69, 9.17) is 9.47 Å². The van der Waals surface area contributed by atoms with Crippen molar-refractivity contribution >= 4 is 46.9 Å². The Morgan fingerprint density at radius 2 is 1.51 bits per heavy atom. The summed E-state index contributed by atoms with van der Waals surface area (Å²) in [6.07, 6.45) is 1.54. The zero-order chi connectivity index (χ0) is 30.8. The summed E-state index contributed by atoms with van der Waals surface area (Å²) in [5, 5.41) is 8.15. The van der Waals surface area contributed by atoms with Gasteiger partial charge in [-0.25, -0.2) is 0 Å². The molecule has 9 heteroatoms. The quantitative estimate of drug-likeness (QED) is 0.134. The average Bonchev–Trinajstić information content (AvgIpc) is 3.01. The number of ether oxygens (including phenoxy) is 2. The number of hydrogen-bond acceptors (Lipinski definition) is 6. The Morgan fingerprint density at radius 1 is 0.791 bits per heavy atom. The van der Waals surface area contributed by atoms with E-state index < -0.39 is 17.1 Å². The highest BCUT2D eigenvalue weighted by Gasteiger charge is 2.18. The van der Waals surface area contributed by atoms with E-state index in [1.807, 2.05) is 44.2 Å². The van der Waals surface area contributed by atoms with Gasteiger partial charge in [0, 0.05) is 27.4 Å². The normalized spacial score (nSPS) is 11.7. The van der Waals surface area contributed by atoms with Crippen LogP contribution in [0.25, 0.3) is 6.08 Å². The largest absolute Gasteiger partial charge is 0.497 e. The summed E-state index contributed by atoms with van der Waals surface area (Å²) in [5.74, 6) is -0.0582. The highest BCUT2D eigenvalue weighted by molar-refractivity contribution is 8.00. The van der Waals surface area contributed by atoms with Crippen LogP contribution in [-0.4, -0.2) is 37.2 Å². The summed E-state index contributed by atoms with van der Waals surface area (Å²) in [6.45, 7) is 3.79. The molecule has 4 aromatic carbocycles. The Balaban J connectivity index is 1.54. The van der Waals surface area contributed by atoms with Crippen LogP contribution in [0, 0.1) is 6.92 Å². The molecule has 0 heterocycles. The molecule has 0 saturated heterocycles. The highest BCUT2D eigenvalue weighted by Crippen LogP contribution is 2.28. The predicted molar refractivity (Wildman–Crippen MR) is 172 cm³/mol. The van der Waals surface area contributed by atoms with Gasteiger partial charge in [-0.3, -0.25) is 14.4 Å². The van der Waals surface area contributed by atoms with E-state index in [2.05, 4.69) is 16.0 Å². The molecule has 0 bridgehead atoms. The molecule has 3 N–H and O–H groups in total. The first-order valence-corrected chi connectivity index (χ1v) is 14.4. The highest BCUT2D eigenvalue weighted by atomic mass is 32.2. The molecule has 0 aliphatic heterocycles. The average molecular weight is 596 g/mol. The summed E-state index contributed by atoms with van der Waals surface area (Å²) < 4.78 is 10.8. The van der Waals surface area contributed by atoms with Crippen molar-refractivity contribution in [3.8, 4) is 11.5 Å². The fourth-order valence-corrected chi connectivity index (χ4v) is 5.05. The van der Waals surface area contributed by atoms with Crippen LogP contribution in [-0.2, 0) is 9.59 Å². The lowest BCUT2D eigenvalue weighted by Crippen LogP contribution is -2.30. The third kappa shape index (κ3) is 8.73. The fraction of sp³-hybridized carbons (Fsp3) is 0.147. The van der Waals surface area contributed by atoms with Crippen molar-refractivity contribution in [1.82, 2.24) is 5.32 Å². The zero-order valence-corrected chi connectivity index (χ0v) is 25.2. The van der Waals surface area contributed by atoms with Crippen molar-refractivity contribution in [2.75, 3.05) is 24.9 Å². The number of anilines is 2. The number of hydrogen-bond donors (Lipinski definition) is 3. The van der Waals surface area contributed by atoms with Gasteiger partial charge < -0.3 is 25.4 Å². The maximum Gasteiger partial charge on any atom is 0.272 e. The number of carbonyl (C=O) groups is 3. The van der Waals surface area contributed by atoms with Gasteiger partial charge in [0.05, 0.1) is 19.5 Å². The van der Waals surface area contributed by atoms with Gasteiger partial charge in [0.15, 0.2) is 0 Å². The number of aryl methyl sites for hydroxylation is 1. The fourth-order valence-electron chi connectivity index (χ4n) is 4.12. The first-order valence-electron chi connectivity index (χ1n) is 13.5. The van der Waals surface area contributed by atoms with Crippen LogP contribution in [0.4, 0.5) is 11.4 Å². The van der Waals surface area contributed by atoms with E-state index in [1.54, 1.807) is 66.7 Å². The zero-order valence-electron chi connectivity index (χ0n) is 24.3. The van der Waals surface area contributed by atoms with Crippen molar-refractivity contribution in [2.24, 2.45) is 0 Å². The molecular formula is C34H33N3O5S. The van der Waals surface area contributed by atoms with Crippen LogP contribution < -0.4 is 25.4 Å². The lowest BCUT2D eigenvalue weighted by molar-refractivity contribution is -0.115. The molecule has 0 aromatic heterocycles. The van der Waals surface area contributed by atoms with Gasteiger partial charge >= 0.3 is 0 Å². The van der Waals surface area contributed by atoms with Crippen LogP contribution in [0.2, 0.25) is 0 Å². The SMILES string of the molecule is COc1ccc(OC)c(/C=C(/NC(=O)c2ccccc2)C(=O)Nc2cccc(SC(C)C(=O)Nc3cccc(C)c3)c2)c1. The molecule has 0 saturated carbocycles. The Kier molecular flexibility index (Phi) is 10.6. The minimum atomic E-state index is -0.540. The van der Waals surface area contributed by atoms with E-state index in [9.17, 15) is 14.4 Å². The molecular weight excluding hydrogens is 562 g/mol. The van der Waals surface area contributed by atoms with E-state index in [1.165, 1.54) is 32.1 Å². The van der Waals surface area contributed by atoms with Crippen molar-refractivity contribution in [1.29, 1.82) is 0 Å². The molecule has 4 rings (SSSR count). The third-order valence-corrected chi connectivity index (χ3v) is 7.42. The van der Waals surface area contributed by atoms with Gasteiger partial charge in [-0.15, -0.1) is 11.8 Å². The molecule has 0 fully saturated rings. The molecule has 0 aliphatic carbocycles. The van der Waals surface area contributed by atoms with Gasteiger partial charge in [-0.1, -0.05) is 36.4 Å². The summed E-state index contributed by atoms with van der Waals surface area (Å²) in [7, 11) is 3.06. The molecule has 4 aromatic rings.